The summed E-state index contributed by atoms with van der Waals surface area (Å²) in [5, 5.41) is 12.7. The van der Waals surface area contributed by atoms with Crippen LogP contribution in [0.5, 0.6) is 5.75 Å². The molecule has 6 nitrogen and oxygen atoms in total. The Labute approximate surface area is 163 Å². The number of nitrogens with one attached hydrogen (secondary N) is 3. The predicted molar refractivity (Wildman–Crippen MR) is 110 cm³/mol. The van der Waals surface area contributed by atoms with E-state index in [1.54, 1.807) is 13.3 Å². The molecule has 3 N–H and O–H groups in total. The summed E-state index contributed by atoms with van der Waals surface area (Å²) in [5.41, 5.74) is 8.50. The van der Waals surface area contributed by atoms with Gasteiger partial charge in [-0.2, -0.15) is 0 Å². The summed E-state index contributed by atoms with van der Waals surface area (Å²) in [4.78, 5) is 12.4. The molecule has 3 aromatic rings. The number of urea groups is 1. The van der Waals surface area contributed by atoms with E-state index in [0.717, 1.165) is 28.1 Å². The van der Waals surface area contributed by atoms with Gasteiger partial charge in [0.15, 0.2) is 0 Å². The zero-order valence-corrected chi connectivity index (χ0v) is 17.5. The third kappa shape index (κ3) is 4.92. The van der Waals surface area contributed by atoms with Crippen molar-refractivity contribution in [2.24, 2.45) is 0 Å². The van der Waals surface area contributed by atoms with Crippen LogP contribution in [-0.2, 0) is 6.54 Å². The van der Waals surface area contributed by atoms with E-state index >= 15 is 0 Å². The normalized spacial score (nSPS) is 10.7. The molecular weight excluding hydrogens is 403 g/mol. The number of anilines is 1. The summed E-state index contributed by atoms with van der Waals surface area (Å²) in [5.74, 6) is 0.776. The Morgan fingerprint density at radius 1 is 1.19 bits per heavy atom. The number of hydrogen-bond acceptors (Lipinski definition) is 3. The van der Waals surface area contributed by atoms with Gasteiger partial charge in [0.1, 0.15) is 0 Å². The van der Waals surface area contributed by atoms with Crippen molar-refractivity contribution in [2.75, 3.05) is 12.4 Å². The summed E-state index contributed by atoms with van der Waals surface area (Å²) in [6.45, 7) is 0.436. The van der Waals surface area contributed by atoms with Gasteiger partial charge in [-0.1, -0.05) is 0 Å². The molecule has 0 spiro atoms. The van der Waals surface area contributed by atoms with Crippen LogP contribution in [0.3, 0.4) is 0 Å². The standard InChI is InChI=1S/C20H23AsN4O2/c1-21(2)18-10-15(16-12-23-24-13-16)7-8-19(18)25-20(26)22-11-14-5-4-6-17(9-14)27-3/h4-10,12-13H,11H2,1-3H3,(H,23,24)(H2,22,25,26). The first-order valence-corrected chi connectivity index (χ1v) is 13.2. The molecule has 0 radical (unpaired) electrons. The van der Waals surface area contributed by atoms with Crippen LogP contribution < -0.4 is 19.7 Å². The van der Waals surface area contributed by atoms with Gasteiger partial charge in [-0.15, -0.1) is 0 Å². The Balaban J connectivity index is 1.69. The number of ether oxygens (including phenoxy) is 1. The van der Waals surface area contributed by atoms with Crippen molar-refractivity contribution >= 4 is 30.7 Å². The van der Waals surface area contributed by atoms with Gasteiger partial charge in [-0.25, -0.2) is 0 Å². The van der Waals surface area contributed by atoms with Gasteiger partial charge in [0.05, 0.1) is 0 Å². The second-order valence-corrected chi connectivity index (χ2v) is 11.0. The summed E-state index contributed by atoms with van der Waals surface area (Å²) in [6.07, 6.45) is 3.67. The minimum absolute atomic E-state index is 0.217. The summed E-state index contributed by atoms with van der Waals surface area (Å²) < 4.78 is 6.43. The molecule has 1 heterocycles. The first-order valence-electron chi connectivity index (χ1n) is 8.55. The molecule has 7 heteroatoms. The number of benzene rings is 2. The molecule has 0 unspecified atom stereocenters. The second-order valence-electron chi connectivity index (χ2n) is 6.27. The maximum atomic E-state index is 12.4. The van der Waals surface area contributed by atoms with Gasteiger partial charge in [-0.3, -0.25) is 0 Å². The molecule has 1 aromatic heterocycles. The van der Waals surface area contributed by atoms with Crippen molar-refractivity contribution in [2.45, 2.75) is 18.0 Å². The van der Waals surface area contributed by atoms with E-state index in [1.165, 1.54) is 4.35 Å². The number of H-pyrrole nitrogens is 1. The fourth-order valence-electron chi connectivity index (χ4n) is 2.73. The monoisotopic (exact) mass is 426 g/mol. The zero-order valence-electron chi connectivity index (χ0n) is 15.6. The molecule has 27 heavy (non-hydrogen) atoms. The number of methoxy groups -OCH3 is 1. The fraction of sp³-hybridized carbons (Fsp3) is 0.200. The third-order valence-electron chi connectivity index (χ3n) is 4.15. The van der Waals surface area contributed by atoms with Gasteiger partial charge >= 0.3 is 163 Å². The van der Waals surface area contributed by atoms with Crippen molar-refractivity contribution in [1.29, 1.82) is 0 Å². The molecule has 2 aromatic carbocycles. The van der Waals surface area contributed by atoms with Crippen molar-refractivity contribution < 1.29 is 9.53 Å². The Morgan fingerprint density at radius 2 is 2.04 bits per heavy atom. The van der Waals surface area contributed by atoms with Crippen molar-refractivity contribution in [3.05, 3.63) is 60.4 Å². The Kier molecular flexibility index (Phi) is 6.19. The van der Waals surface area contributed by atoms with E-state index in [0.29, 0.717) is 6.54 Å². The zero-order chi connectivity index (χ0) is 19.2. The number of aromatic amines is 1. The average molecular weight is 426 g/mol. The number of aromatic nitrogens is 2. The van der Waals surface area contributed by atoms with E-state index in [2.05, 4.69) is 38.3 Å². The molecule has 0 aliphatic heterocycles. The molecule has 140 valence electrons. The number of amides is 2. The molecule has 3 rings (SSSR count). The Hall–Kier alpha value is -2.72. The van der Waals surface area contributed by atoms with E-state index in [-0.39, 0.29) is 6.03 Å². The van der Waals surface area contributed by atoms with Gasteiger partial charge in [0.2, 0.25) is 0 Å². The van der Waals surface area contributed by atoms with Gasteiger partial charge < -0.3 is 0 Å². The molecule has 0 fully saturated rings. The minimum atomic E-state index is -1.21. The van der Waals surface area contributed by atoms with Crippen molar-refractivity contribution in [3.63, 3.8) is 0 Å². The van der Waals surface area contributed by atoms with Crippen LogP contribution in [0.15, 0.2) is 54.9 Å². The van der Waals surface area contributed by atoms with Crippen LogP contribution in [-0.4, -0.2) is 38.0 Å². The number of rotatable bonds is 6. The quantitative estimate of drug-likeness (QED) is 0.529. The fourth-order valence-corrected chi connectivity index (χ4v) is 4.85. The number of nitrogens with zero attached hydrogens (tertiary/aromatic N) is 1. The number of carbonyl (C=O) groups excluding carboxylic acids is 1. The summed E-state index contributed by atoms with van der Waals surface area (Å²) in [6, 6.07) is 13.6. The van der Waals surface area contributed by atoms with Crippen LogP contribution in [0.25, 0.3) is 11.1 Å². The van der Waals surface area contributed by atoms with Gasteiger partial charge in [0, 0.05) is 0 Å². The van der Waals surface area contributed by atoms with Crippen LogP contribution in [0.1, 0.15) is 5.56 Å². The van der Waals surface area contributed by atoms with E-state index < -0.39 is 14.7 Å². The van der Waals surface area contributed by atoms with E-state index in [9.17, 15) is 4.79 Å². The average Bonchev–Trinajstić information content (AvgIpc) is 3.21. The van der Waals surface area contributed by atoms with Gasteiger partial charge in [0.25, 0.3) is 0 Å². The third-order valence-corrected chi connectivity index (χ3v) is 6.94. The van der Waals surface area contributed by atoms with Crippen LogP contribution >= 0.6 is 0 Å². The second kappa shape index (κ2) is 8.78. The van der Waals surface area contributed by atoms with Crippen LogP contribution in [0, 0.1) is 0 Å². The van der Waals surface area contributed by atoms with Crippen LogP contribution in [0.2, 0.25) is 11.4 Å². The number of carbonyl (C=O) groups is 1. The maximum absolute atomic E-state index is 12.4. The number of hydrogen-bond donors (Lipinski definition) is 3. The predicted octanol–water partition coefficient (Wildman–Crippen LogP) is 3.37. The topological polar surface area (TPSA) is 79.0 Å². The molecule has 0 bridgehead atoms. The first-order chi connectivity index (χ1) is 13.1. The Morgan fingerprint density at radius 3 is 2.74 bits per heavy atom. The van der Waals surface area contributed by atoms with E-state index in [4.69, 9.17) is 4.74 Å². The molecule has 0 aliphatic carbocycles. The van der Waals surface area contributed by atoms with E-state index in [1.807, 2.05) is 42.6 Å². The molecule has 0 saturated heterocycles. The summed E-state index contributed by atoms with van der Waals surface area (Å²) >= 11 is -1.21. The SMILES string of the molecule is COc1cccc(CNC(=O)Nc2ccc(-c3cn[nH]c3)cc2[As](C)C)c1. The van der Waals surface area contributed by atoms with Crippen LogP contribution in [0.4, 0.5) is 10.5 Å². The summed E-state index contributed by atoms with van der Waals surface area (Å²) in [7, 11) is 1.63. The van der Waals surface area contributed by atoms with Crippen molar-refractivity contribution in [1.82, 2.24) is 15.5 Å². The Bertz CT molecular complexity index is 910. The molecule has 2 amide bonds. The van der Waals surface area contributed by atoms with Crippen molar-refractivity contribution in [3.8, 4) is 16.9 Å². The molecule has 0 aliphatic rings. The van der Waals surface area contributed by atoms with Gasteiger partial charge in [-0.05, 0) is 0 Å². The molecular formula is C20H23AsN4O2. The molecule has 0 saturated carbocycles. The molecule has 0 atom stereocenters. The first kappa shape index (κ1) is 19.1.